The molecule has 2 aromatic carbocycles. The smallest absolute Gasteiger partial charge is 0.328 e. The van der Waals surface area contributed by atoms with Gasteiger partial charge in [-0.1, -0.05) is 43.3 Å². The van der Waals surface area contributed by atoms with E-state index in [-0.39, 0.29) is 11.6 Å². The lowest BCUT2D eigenvalue weighted by Gasteiger charge is -2.07. The van der Waals surface area contributed by atoms with Gasteiger partial charge in [0.05, 0.1) is 11.0 Å². The number of para-hydroxylation sites is 2. The number of imidazole rings is 1. The number of hydrogen-bond acceptors (Lipinski definition) is 2. The van der Waals surface area contributed by atoms with Crippen LogP contribution in [0, 0.1) is 0 Å². The summed E-state index contributed by atoms with van der Waals surface area (Å²) in [6.07, 6.45) is 2.20. The molecule has 3 rings (SSSR count). The molecule has 0 spiro atoms. The highest BCUT2D eigenvalue weighted by atomic mass is 16.2. The van der Waals surface area contributed by atoms with Crippen molar-refractivity contribution < 1.29 is 4.79 Å². The number of aryl methyl sites for hydroxylation is 3. The molecule has 1 heterocycles. The van der Waals surface area contributed by atoms with Crippen molar-refractivity contribution in [2.45, 2.75) is 32.7 Å². The number of aromatic nitrogens is 2. The standard InChI is InChI=1S/C21H25N3O2/c1-3-16-8-10-17(11-9-16)12-13-20(25)22-14-15-24-19-7-5-4-6-18(19)23(2)21(24)26/h4-11H,3,12-15H2,1-2H3,(H,22,25). The molecule has 0 bridgehead atoms. The molecule has 0 aliphatic carbocycles. The van der Waals surface area contributed by atoms with Crippen molar-refractivity contribution in [3.63, 3.8) is 0 Å². The summed E-state index contributed by atoms with van der Waals surface area (Å²) in [5.41, 5.74) is 4.21. The second-order valence-corrected chi connectivity index (χ2v) is 6.50. The van der Waals surface area contributed by atoms with Crippen molar-refractivity contribution in [2.24, 2.45) is 7.05 Å². The van der Waals surface area contributed by atoms with E-state index in [0.717, 1.165) is 23.9 Å². The average Bonchev–Trinajstić information content (AvgIpc) is 2.92. The van der Waals surface area contributed by atoms with Gasteiger partial charge in [-0.2, -0.15) is 0 Å². The van der Waals surface area contributed by atoms with Crippen LogP contribution in [0.3, 0.4) is 0 Å². The van der Waals surface area contributed by atoms with Crippen molar-refractivity contribution in [3.8, 4) is 0 Å². The SMILES string of the molecule is CCc1ccc(CCC(=O)NCCn2c(=O)n(C)c3ccccc32)cc1. The van der Waals surface area contributed by atoms with Crippen LogP contribution in [0.15, 0.2) is 53.3 Å². The lowest BCUT2D eigenvalue weighted by atomic mass is 10.1. The number of carbonyl (C=O) groups is 1. The fourth-order valence-electron chi connectivity index (χ4n) is 3.17. The maximum absolute atomic E-state index is 12.3. The highest BCUT2D eigenvalue weighted by molar-refractivity contribution is 5.77. The van der Waals surface area contributed by atoms with E-state index in [1.165, 1.54) is 11.1 Å². The molecule has 1 N–H and O–H groups in total. The lowest BCUT2D eigenvalue weighted by molar-refractivity contribution is -0.121. The van der Waals surface area contributed by atoms with Crippen molar-refractivity contribution in [1.29, 1.82) is 0 Å². The first-order valence-corrected chi connectivity index (χ1v) is 9.09. The predicted octanol–water partition coefficient (Wildman–Crippen LogP) is 2.65. The predicted molar refractivity (Wildman–Crippen MR) is 104 cm³/mol. The van der Waals surface area contributed by atoms with E-state index >= 15 is 0 Å². The zero-order chi connectivity index (χ0) is 18.5. The Bertz CT molecular complexity index is 952. The van der Waals surface area contributed by atoms with Crippen LogP contribution in [-0.4, -0.2) is 21.6 Å². The third-order valence-electron chi connectivity index (χ3n) is 4.78. The Labute approximate surface area is 153 Å². The Morgan fingerprint density at radius 2 is 1.65 bits per heavy atom. The number of benzene rings is 2. The fourth-order valence-corrected chi connectivity index (χ4v) is 3.17. The second-order valence-electron chi connectivity index (χ2n) is 6.50. The van der Waals surface area contributed by atoms with Crippen LogP contribution in [0.25, 0.3) is 11.0 Å². The summed E-state index contributed by atoms with van der Waals surface area (Å²) in [7, 11) is 1.77. The first-order valence-electron chi connectivity index (χ1n) is 9.09. The second kappa shape index (κ2) is 8.04. The maximum atomic E-state index is 12.3. The molecule has 0 saturated heterocycles. The van der Waals surface area contributed by atoms with E-state index in [9.17, 15) is 9.59 Å². The Morgan fingerprint density at radius 3 is 2.35 bits per heavy atom. The van der Waals surface area contributed by atoms with Gasteiger partial charge < -0.3 is 5.32 Å². The van der Waals surface area contributed by atoms with Crippen LogP contribution in [0.4, 0.5) is 0 Å². The number of rotatable bonds is 7. The van der Waals surface area contributed by atoms with Crippen molar-refractivity contribution in [2.75, 3.05) is 6.54 Å². The van der Waals surface area contributed by atoms with Crippen LogP contribution in [0.2, 0.25) is 0 Å². The zero-order valence-electron chi connectivity index (χ0n) is 15.4. The van der Waals surface area contributed by atoms with Crippen LogP contribution in [0.5, 0.6) is 0 Å². The summed E-state index contributed by atoms with van der Waals surface area (Å²) < 4.78 is 3.34. The van der Waals surface area contributed by atoms with Gasteiger partial charge in [0, 0.05) is 26.6 Å². The molecule has 1 aromatic heterocycles. The van der Waals surface area contributed by atoms with Crippen LogP contribution >= 0.6 is 0 Å². The first-order chi connectivity index (χ1) is 12.6. The molecule has 0 unspecified atom stereocenters. The van der Waals surface area contributed by atoms with Gasteiger partial charge >= 0.3 is 5.69 Å². The van der Waals surface area contributed by atoms with E-state index in [1.54, 1.807) is 16.2 Å². The molecule has 0 fully saturated rings. The number of hydrogen-bond donors (Lipinski definition) is 1. The monoisotopic (exact) mass is 351 g/mol. The number of fused-ring (bicyclic) bond motifs is 1. The molecule has 0 aliphatic rings. The molecule has 5 heteroatoms. The summed E-state index contributed by atoms with van der Waals surface area (Å²) in [6, 6.07) is 16.1. The molecule has 0 aliphatic heterocycles. The summed E-state index contributed by atoms with van der Waals surface area (Å²) in [5, 5.41) is 2.92. The van der Waals surface area contributed by atoms with Crippen molar-refractivity contribution >= 4 is 16.9 Å². The van der Waals surface area contributed by atoms with Gasteiger partial charge in [-0.25, -0.2) is 4.79 Å². The summed E-state index contributed by atoms with van der Waals surface area (Å²) in [4.78, 5) is 24.4. The number of nitrogens with zero attached hydrogens (tertiary/aromatic N) is 2. The van der Waals surface area contributed by atoms with E-state index in [1.807, 2.05) is 24.3 Å². The van der Waals surface area contributed by atoms with Gasteiger partial charge in [-0.3, -0.25) is 13.9 Å². The minimum absolute atomic E-state index is 0.0119. The molecule has 26 heavy (non-hydrogen) atoms. The Balaban J connectivity index is 1.52. The zero-order valence-corrected chi connectivity index (χ0v) is 15.4. The summed E-state index contributed by atoms with van der Waals surface area (Å²) >= 11 is 0. The van der Waals surface area contributed by atoms with Crippen LogP contribution in [-0.2, 0) is 31.2 Å². The molecular formula is C21H25N3O2. The van der Waals surface area contributed by atoms with E-state index in [0.29, 0.717) is 19.5 Å². The Kier molecular flexibility index (Phi) is 5.56. The van der Waals surface area contributed by atoms with E-state index in [2.05, 4.69) is 36.5 Å². The first kappa shape index (κ1) is 18.0. The molecule has 0 radical (unpaired) electrons. The molecule has 136 valence electrons. The molecule has 0 atom stereocenters. The third-order valence-corrected chi connectivity index (χ3v) is 4.78. The van der Waals surface area contributed by atoms with Gasteiger partial charge in [-0.15, -0.1) is 0 Å². The highest BCUT2D eigenvalue weighted by Gasteiger charge is 2.10. The van der Waals surface area contributed by atoms with Crippen LogP contribution in [0.1, 0.15) is 24.5 Å². The summed E-state index contributed by atoms with van der Waals surface area (Å²) in [5.74, 6) is 0.0119. The number of nitrogens with one attached hydrogen (secondary N) is 1. The molecule has 0 saturated carbocycles. The minimum Gasteiger partial charge on any atom is -0.354 e. The van der Waals surface area contributed by atoms with E-state index < -0.39 is 0 Å². The van der Waals surface area contributed by atoms with Gasteiger partial charge in [0.2, 0.25) is 5.91 Å². The third kappa shape index (κ3) is 3.87. The van der Waals surface area contributed by atoms with Gasteiger partial charge in [0.15, 0.2) is 0 Å². The molecule has 3 aromatic rings. The number of amides is 1. The van der Waals surface area contributed by atoms with Gasteiger partial charge in [-0.05, 0) is 36.1 Å². The normalized spacial score (nSPS) is 11.0. The average molecular weight is 351 g/mol. The molecule has 5 nitrogen and oxygen atoms in total. The van der Waals surface area contributed by atoms with Crippen LogP contribution < -0.4 is 11.0 Å². The van der Waals surface area contributed by atoms with Gasteiger partial charge in [0.1, 0.15) is 0 Å². The fraction of sp³-hybridized carbons (Fsp3) is 0.333. The largest absolute Gasteiger partial charge is 0.354 e. The Hall–Kier alpha value is -2.82. The van der Waals surface area contributed by atoms with Crippen molar-refractivity contribution in [3.05, 3.63) is 70.1 Å². The van der Waals surface area contributed by atoms with Gasteiger partial charge in [0.25, 0.3) is 0 Å². The molecular weight excluding hydrogens is 326 g/mol. The topological polar surface area (TPSA) is 56.0 Å². The minimum atomic E-state index is -0.0588. The lowest BCUT2D eigenvalue weighted by Crippen LogP contribution is -2.31. The quantitative estimate of drug-likeness (QED) is 0.711. The number of carbonyl (C=O) groups excluding carboxylic acids is 1. The highest BCUT2D eigenvalue weighted by Crippen LogP contribution is 2.11. The van der Waals surface area contributed by atoms with E-state index in [4.69, 9.17) is 0 Å². The molecule has 1 amide bonds. The maximum Gasteiger partial charge on any atom is 0.328 e. The van der Waals surface area contributed by atoms with Crippen molar-refractivity contribution in [1.82, 2.24) is 14.5 Å². The summed E-state index contributed by atoms with van der Waals surface area (Å²) in [6.45, 7) is 3.04. The Morgan fingerprint density at radius 1 is 1.00 bits per heavy atom.